The summed E-state index contributed by atoms with van der Waals surface area (Å²) >= 11 is 1.31. The average Bonchev–Trinajstić information content (AvgIpc) is 3.34. The molecule has 0 aliphatic carbocycles. The van der Waals surface area contributed by atoms with Gasteiger partial charge in [-0.05, 0) is 49.4 Å². The first-order chi connectivity index (χ1) is 16.0. The molecule has 0 unspecified atom stereocenters. The molecule has 0 saturated heterocycles. The number of rotatable bonds is 8. The minimum Gasteiger partial charge on any atom is -0.494 e. The van der Waals surface area contributed by atoms with Crippen LogP contribution in [0.4, 0.5) is 5.69 Å². The molecule has 1 aromatic heterocycles. The van der Waals surface area contributed by atoms with E-state index in [9.17, 15) is 14.9 Å². The van der Waals surface area contributed by atoms with Gasteiger partial charge < -0.3 is 19.5 Å². The lowest BCUT2D eigenvalue weighted by Crippen LogP contribution is -2.08. The van der Waals surface area contributed by atoms with Gasteiger partial charge in [0.1, 0.15) is 22.4 Å². The van der Waals surface area contributed by atoms with E-state index in [1.165, 1.54) is 50.0 Å². The van der Waals surface area contributed by atoms with E-state index in [-0.39, 0.29) is 16.7 Å². The largest absolute Gasteiger partial charge is 0.494 e. The molecule has 0 amide bonds. The number of nitriles is 1. The number of hydrogen-bond donors (Lipinski definition) is 1. The second-order valence-electron chi connectivity index (χ2n) is 6.55. The second-order valence-corrected chi connectivity index (χ2v) is 7.41. The third kappa shape index (κ3) is 5.56. The summed E-state index contributed by atoms with van der Waals surface area (Å²) in [6.45, 7) is 2.51. The lowest BCUT2D eigenvalue weighted by Gasteiger charge is -2.10. The number of esters is 2. The van der Waals surface area contributed by atoms with Crippen LogP contribution in [0.25, 0.3) is 16.8 Å². The monoisotopic (exact) mass is 463 g/mol. The van der Waals surface area contributed by atoms with Gasteiger partial charge in [0.05, 0.1) is 43.3 Å². The Morgan fingerprint density at radius 1 is 1.12 bits per heavy atom. The molecule has 0 aliphatic heterocycles. The van der Waals surface area contributed by atoms with Crippen molar-refractivity contribution in [3.63, 3.8) is 0 Å². The SMILES string of the molecule is CCOc1ccc(-c2csc(/C(C#N)=C/Nc3cc(C(=O)OC)ccc3C(=O)OC)n2)cc1. The predicted octanol–water partition coefficient (Wildman–Crippen LogP) is 4.76. The van der Waals surface area contributed by atoms with Crippen LogP contribution >= 0.6 is 11.3 Å². The van der Waals surface area contributed by atoms with Crippen molar-refractivity contribution < 1.29 is 23.8 Å². The van der Waals surface area contributed by atoms with Crippen molar-refractivity contribution in [2.45, 2.75) is 6.92 Å². The number of nitrogens with one attached hydrogen (secondary N) is 1. The van der Waals surface area contributed by atoms with Crippen LogP contribution in [0.2, 0.25) is 0 Å². The second kappa shape index (κ2) is 10.9. The molecule has 0 fully saturated rings. The van der Waals surface area contributed by atoms with Crippen molar-refractivity contribution in [1.29, 1.82) is 5.26 Å². The summed E-state index contributed by atoms with van der Waals surface area (Å²) in [4.78, 5) is 28.5. The first kappa shape index (κ1) is 23.5. The fourth-order valence-electron chi connectivity index (χ4n) is 2.91. The summed E-state index contributed by atoms with van der Waals surface area (Å²) in [7, 11) is 2.52. The van der Waals surface area contributed by atoms with Gasteiger partial charge in [-0.2, -0.15) is 5.26 Å². The maximum Gasteiger partial charge on any atom is 0.339 e. The van der Waals surface area contributed by atoms with E-state index in [0.717, 1.165) is 17.0 Å². The van der Waals surface area contributed by atoms with Crippen LogP contribution in [0.3, 0.4) is 0 Å². The van der Waals surface area contributed by atoms with Gasteiger partial charge in [-0.1, -0.05) is 0 Å². The molecule has 33 heavy (non-hydrogen) atoms. The molecule has 8 nitrogen and oxygen atoms in total. The summed E-state index contributed by atoms with van der Waals surface area (Å²) in [5.74, 6) is -0.374. The van der Waals surface area contributed by atoms with Gasteiger partial charge in [0.25, 0.3) is 0 Å². The van der Waals surface area contributed by atoms with E-state index in [2.05, 4.69) is 16.4 Å². The molecule has 2 aromatic carbocycles. The lowest BCUT2D eigenvalue weighted by atomic mass is 10.1. The summed E-state index contributed by atoms with van der Waals surface area (Å²) < 4.78 is 15.0. The number of allylic oxidation sites excluding steroid dienone is 1. The number of ether oxygens (including phenoxy) is 3. The Morgan fingerprint density at radius 2 is 1.85 bits per heavy atom. The Labute approximate surface area is 195 Å². The van der Waals surface area contributed by atoms with Crippen LogP contribution < -0.4 is 10.1 Å². The molecule has 3 aromatic rings. The molecular weight excluding hydrogens is 442 g/mol. The molecule has 9 heteroatoms. The van der Waals surface area contributed by atoms with E-state index >= 15 is 0 Å². The Morgan fingerprint density at radius 3 is 2.48 bits per heavy atom. The highest BCUT2D eigenvalue weighted by Gasteiger charge is 2.16. The fraction of sp³-hybridized carbons (Fsp3) is 0.167. The quantitative estimate of drug-likeness (QED) is 0.376. The number of thiazole rings is 1. The lowest BCUT2D eigenvalue weighted by molar-refractivity contribution is 0.0587. The first-order valence-corrected chi connectivity index (χ1v) is 10.7. The van der Waals surface area contributed by atoms with Gasteiger partial charge in [0, 0.05) is 17.1 Å². The van der Waals surface area contributed by atoms with E-state index in [0.29, 0.717) is 17.3 Å². The van der Waals surface area contributed by atoms with E-state index < -0.39 is 11.9 Å². The number of aromatic nitrogens is 1. The first-order valence-electron chi connectivity index (χ1n) is 9.87. The number of nitrogens with zero attached hydrogens (tertiary/aromatic N) is 2. The van der Waals surface area contributed by atoms with Gasteiger partial charge in [-0.15, -0.1) is 11.3 Å². The molecule has 0 aliphatic rings. The van der Waals surface area contributed by atoms with Gasteiger partial charge in [-0.25, -0.2) is 14.6 Å². The van der Waals surface area contributed by atoms with Crippen molar-refractivity contribution in [3.8, 4) is 23.1 Å². The van der Waals surface area contributed by atoms with Crippen LogP contribution in [0.15, 0.2) is 54.0 Å². The molecule has 0 bridgehead atoms. The molecule has 0 spiro atoms. The third-order valence-electron chi connectivity index (χ3n) is 4.53. The molecule has 168 valence electrons. The van der Waals surface area contributed by atoms with Crippen molar-refractivity contribution >= 4 is 34.5 Å². The fourth-order valence-corrected chi connectivity index (χ4v) is 3.70. The average molecular weight is 464 g/mol. The number of carbonyl (C=O) groups excluding carboxylic acids is 2. The topological polar surface area (TPSA) is 111 Å². The van der Waals surface area contributed by atoms with Crippen molar-refractivity contribution in [1.82, 2.24) is 4.98 Å². The minimum atomic E-state index is -0.590. The molecule has 0 atom stereocenters. The zero-order chi connectivity index (χ0) is 23.8. The highest BCUT2D eigenvalue weighted by molar-refractivity contribution is 7.11. The number of benzene rings is 2. The van der Waals surface area contributed by atoms with Crippen molar-refractivity contribution in [3.05, 3.63) is 70.2 Å². The predicted molar refractivity (Wildman–Crippen MR) is 125 cm³/mol. The molecular formula is C24H21N3O5S. The molecule has 1 heterocycles. The van der Waals surface area contributed by atoms with Crippen LogP contribution in [-0.2, 0) is 9.47 Å². The highest BCUT2D eigenvalue weighted by atomic mass is 32.1. The molecule has 3 rings (SSSR count). The summed E-state index contributed by atoms with van der Waals surface area (Å²) in [5, 5.41) is 14.9. The van der Waals surface area contributed by atoms with Gasteiger partial charge in [0.2, 0.25) is 0 Å². The van der Waals surface area contributed by atoms with Gasteiger partial charge >= 0.3 is 11.9 Å². The van der Waals surface area contributed by atoms with Crippen LogP contribution in [0.5, 0.6) is 5.75 Å². The highest BCUT2D eigenvalue weighted by Crippen LogP contribution is 2.28. The van der Waals surface area contributed by atoms with Gasteiger partial charge in [0.15, 0.2) is 0 Å². The summed E-state index contributed by atoms with van der Waals surface area (Å²) in [6.07, 6.45) is 1.43. The maximum atomic E-state index is 12.1. The molecule has 1 N–H and O–H groups in total. The van der Waals surface area contributed by atoms with Crippen LogP contribution in [0.1, 0.15) is 32.6 Å². The minimum absolute atomic E-state index is 0.202. The van der Waals surface area contributed by atoms with E-state index in [4.69, 9.17) is 14.2 Å². The van der Waals surface area contributed by atoms with E-state index in [1.54, 1.807) is 0 Å². The Kier molecular flexibility index (Phi) is 7.78. The zero-order valence-electron chi connectivity index (χ0n) is 18.2. The number of carbonyl (C=O) groups is 2. The van der Waals surface area contributed by atoms with Crippen molar-refractivity contribution in [2.24, 2.45) is 0 Å². The van der Waals surface area contributed by atoms with E-state index in [1.807, 2.05) is 36.6 Å². The van der Waals surface area contributed by atoms with Gasteiger partial charge in [-0.3, -0.25) is 0 Å². The smallest absolute Gasteiger partial charge is 0.339 e. The number of hydrogen-bond acceptors (Lipinski definition) is 9. The number of methoxy groups -OCH3 is 2. The Hall–Kier alpha value is -4.16. The Balaban J connectivity index is 1.88. The van der Waals surface area contributed by atoms with Crippen molar-refractivity contribution in [2.75, 3.05) is 26.1 Å². The van der Waals surface area contributed by atoms with Crippen LogP contribution in [0, 0.1) is 11.3 Å². The number of anilines is 1. The molecule has 0 radical (unpaired) electrons. The van der Waals surface area contributed by atoms with Crippen LogP contribution in [-0.4, -0.2) is 37.7 Å². The Bertz CT molecular complexity index is 1230. The third-order valence-corrected chi connectivity index (χ3v) is 5.41. The summed E-state index contributed by atoms with van der Waals surface area (Å²) in [5.41, 5.74) is 2.61. The summed E-state index contributed by atoms with van der Waals surface area (Å²) in [6, 6.07) is 14.0. The maximum absolute atomic E-state index is 12.1. The normalized spacial score (nSPS) is 10.8. The molecule has 0 saturated carbocycles. The standard InChI is InChI=1S/C24H21N3O5S/c1-4-32-18-8-5-15(6-9-18)21-14-33-22(27-21)17(12-25)13-26-20-11-16(23(28)30-2)7-10-19(20)24(29)31-3/h5-11,13-14,26H,4H2,1-3H3/b17-13+. The zero-order valence-corrected chi connectivity index (χ0v) is 19.1.